The lowest BCUT2D eigenvalue weighted by Gasteiger charge is -2.05. The Balaban J connectivity index is 2.18. The minimum Gasteiger partial charge on any atom is -0.507 e. The van der Waals surface area contributed by atoms with Crippen LogP contribution in [0.5, 0.6) is 5.75 Å². The molecule has 0 saturated carbocycles. The molecule has 0 atom stereocenters. The molecule has 0 aliphatic carbocycles. The van der Waals surface area contributed by atoms with Crippen molar-refractivity contribution in [1.82, 2.24) is 9.78 Å². The number of benzene rings is 2. The molecule has 0 bridgehead atoms. The first-order chi connectivity index (χ1) is 9.65. The third kappa shape index (κ3) is 2.28. The van der Waals surface area contributed by atoms with Gasteiger partial charge in [0.05, 0.1) is 0 Å². The number of phenols is 1. The lowest BCUT2D eigenvalue weighted by atomic mass is 10.0. The summed E-state index contributed by atoms with van der Waals surface area (Å²) in [5.41, 5.74) is 3.46. The van der Waals surface area contributed by atoms with Crippen LogP contribution < -0.4 is 0 Å². The number of hydrogen-bond acceptors (Lipinski definition) is 2. The molecule has 0 aliphatic rings. The van der Waals surface area contributed by atoms with E-state index in [4.69, 9.17) is 11.6 Å². The van der Waals surface area contributed by atoms with E-state index in [1.165, 1.54) is 0 Å². The van der Waals surface area contributed by atoms with Gasteiger partial charge < -0.3 is 5.11 Å². The van der Waals surface area contributed by atoms with Gasteiger partial charge in [-0.2, -0.15) is 5.10 Å². The second-order valence-electron chi connectivity index (χ2n) is 4.59. The number of aryl methyl sites for hydroxylation is 1. The molecule has 0 saturated heterocycles. The fourth-order valence-corrected chi connectivity index (χ4v) is 2.33. The van der Waals surface area contributed by atoms with Crippen molar-refractivity contribution in [3.05, 3.63) is 59.8 Å². The molecule has 0 unspecified atom stereocenters. The molecule has 1 N–H and O–H groups in total. The zero-order valence-electron chi connectivity index (χ0n) is 10.9. The van der Waals surface area contributed by atoms with E-state index in [2.05, 4.69) is 5.10 Å². The largest absolute Gasteiger partial charge is 0.507 e. The van der Waals surface area contributed by atoms with E-state index >= 15 is 0 Å². The number of aromatic nitrogens is 2. The van der Waals surface area contributed by atoms with Crippen molar-refractivity contribution < 1.29 is 5.11 Å². The molecular weight excluding hydrogens is 272 g/mol. The minimum atomic E-state index is 0.224. The number of halogens is 1. The van der Waals surface area contributed by atoms with Gasteiger partial charge in [0, 0.05) is 29.4 Å². The van der Waals surface area contributed by atoms with Crippen LogP contribution in [-0.2, 0) is 7.05 Å². The van der Waals surface area contributed by atoms with Crippen LogP contribution in [0.15, 0.2) is 54.7 Å². The molecule has 0 radical (unpaired) electrons. The molecular formula is C16H13ClN2O. The monoisotopic (exact) mass is 284 g/mol. The first-order valence-corrected chi connectivity index (χ1v) is 6.61. The highest BCUT2D eigenvalue weighted by Gasteiger charge is 2.14. The van der Waals surface area contributed by atoms with Gasteiger partial charge in [-0.1, -0.05) is 35.9 Å². The molecule has 0 amide bonds. The van der Waals surface area contributed by atoms with Crippen LogP contribution in [0.4, 0.5) is 0 Å². The Kier molecular flexibility index (Phi) is 3.20. The highest BCUT2D eigenvalue weighted by molar-refractivity contribution is 6.30. The molecule has 2 aromatic carbocycles. The second kappa shape index (κ2) is 5.02. The zero-order chi connectivity index (χ0) is 14.1. The molecule has 20 heavy (non-hydrogen) atoms. The van der Waals surface area contributed by atoms with Crippen molar-refractivity contribution >= 4 is 11.6 Å². The van der Waals surface area contributed by atoms with Gasteiger partial charge in [0.1, 0.15) is 11.4 Å². The standard InChI is InChI=1S/C16H13ClN2O/c1-19-10-14(11-6-8-12(17)9-7-11)16(18-19)13-4-2-3-5-15(13)20/h2-10,20H,1H3. The van der Waals surface area contributed by atoms with Crippen LogP contribution in [0.3, 0.4) is 0 Å². The maximum absolute atomic E-state index is 10.0. The van der Waals surface area contributed by atoms with E-state index in [1.54, 1.807) is 16.8 Å². The van der Waals surface area contributed by atoms with E-state index in [-0.39, 0.29) is 5.75 Å². The fraction of sp³-hybridized carbons (Fsp3) is 0.0625. The number of aromatic hydroxyl groups is 1. The summed E-state index contributed by atoms with van der Waals surface area (Å²) in [7, 11) is 1.86. The van der Waals surface area contributed by atoms with E-state index in [0.717, 1.165) is 22.4 Å². The van der Waals surface area contributed by atoms with E-state index in [9.17, 15) is 5.11 Å². The van der Waals surface area contributed by atoms with Gasteiger partial charge in [-0.3, -0.25) is 4.68 Å². The number of rotatable bonds is 2. The van der Waals surface area contributed by atoms with Crippen molar-refractivity contribution in [2.75, 3.05) is 0 Å². The summed E-state index contributed by atoms with van der Waals surface area (Å²) >= 11 is 5.93. The summed E-state index contributed by atoms with van der Waals surface area (Å²) in [5.74, 6) is 0.224. The Labute approximate surface area is 122 Å². The highest BCUT2D eigenvalue weighted by Crippen LogP contribution is 2.35. The van der Waals surface area contributed by atoms with Gasteiger partial charge in [0.15, 0.2) is 0 Å². The summed E-state index contributed by atoms with van der Waals surface area (Å²) in [5, 5.41) is 15.2. The van der Waals surface area contributed by atoms with Crippen molar-refractivity contribution in [1.29, 1.82) is 0 Å². The summed E-state index contributed by atoms with van der Waals surface area (Å²) in [4.78, 5) is 0. The third-order valence-electron chi connectivity index (χ3n) is 3.14. The van der Waals surface area contributed by atoms with Crippen LogP contribution in [0.25, 0.3) is 22.4 Å². The molecule has 1 heterocycles. The first-order valence-electron chi connectivity index (χ1n) is 6.23. The van der Waals surface area contributed by atoms with Gasteiger partial charge in [-0.25, -0.2) is 0 Å². The van der Waals surface area contributed by atoms with Gasteiger partial charge >= 0.3 is 0 Å². The predicted octanol–water partition coefficient (Wildman–Crippen LogP) is 4.11. The number of para-hydroxylation sites is 1. The van der Waals surface area contributed by atoms with Crippen LogP contribution in [-0.4, -0.2) is 14.9 Å². The molecule has 0 aliphatic heterocycles. The maximum Gasteiger partial charge on any atom is 0.125 e. The van der Waals surface area contributed by atoms with E-state index in [1.807, 2.05) is 49.6 Å². The van der Waals surface area contributed by atoms with Crippen molar-refractivity contribution in [2.24, 2.45) is 7.05 Å². The van der Waals surface area contributed by atoms with Crippen LogP contribution >= 0.6 is 11.6 Å². The lowest BCUT2D eigenvalue weighted by molar-refractivity contribution is 0.477. The molecule has 3 aromatic rings. The average Bonchev–Trinajstić information content (AvgIpc) is 2.82. The zero-order valence-corrected chi connectivity index (χ0v) is 11.7. The summed E-state index contributed by atoms with van der Waals surface area (Å²) in [6.07, 6.45) is 1.94. The Morgan fingerprint density at radius 2 is 1.70 bits per heavy atom. The van der Waals surface area contributed by atoms with Crippen LogP contribution in [0.1, 0.15) is 0 Å². The number of hydrogen-bond donors (Lipinski definition) is 1. The van der Waals surface area contributed by atoms with Crippen molar-refractivity contribution in [3.63, 3.8) is 0 Å². The predicted molar refractivity (Wildman–Crippen MR) is 80.8 cm³/mol. The smallest absolute Gasteiger partial charge is 0.125 e. The molecule has 0 fully saturated rings. The molecule has 1 aromatic heterocycles. The quantitative estimate of drug-likeness (QED) is 0.769. The Hall–Kier alpha value is -2.26. The minimum absolute atomic E-state index is 0.224. The van der Waals surface area contributed by atoms with E-state index < -0.39 is 0 Å². The molecule has 3 rings (SSSR count). The summed E-state index contributed by atoms with van der Waals surface area (Å²) in [6, 6.07) is 14.8. The average molecular weight is 285 g/mol. The molecule has 4 heteroatoms. The maximum atomic E-state index is 10.0. The van der Waals surface area contributed by atoms with Crippen molar-refractivity contribution in [2.45, 2.75) is 0 Å². The second-order valence-corrected chi connectivity index (χ2v) is 5.03. The van der Waals surface area contributed by atoms with E-state index in [0.29, 0.717) is 5.02 Å². The normalized spacial score (nSPS) is 10.7. The van der Waals surface area contributed by atoms with Gasteiger partial charge in [0.25, 0.3) is 0 Å². The lowest BCUT2D eigenvalue weighted by Crippen LogP contribution is -1.88. The van der Waals surface area contributed by atoms with Crippen LogP contribution in [0.2, 0.25) is 5.02 Å². The topological polar surface area (TPSA) is 38.0 Å². The van der Waals surface area contributed by atoms with Crippen molar-refractivity contribution in [3.8, 4) is 28.1 Å². The number of nitrogens with zero attached hydrogens (tertiary/aromatic N) is 2. The molecule has 3 nitrogen and oxygen atoms in total. The third-order valence-corrected chi connectivity index (χ3v) is 3.40. The Bertz CT molecular complexity index is 747. The van der Waals surface area contributed by atoms with Crippen LogP contribution in [0, 0.1) is 0 Å². The van der Waals surface area contributed by atoms with Gasteiger partial charge in [0.2, 0.25) is 0 Å². The Morgan fingerprint density at radius 3 is 2.40 bits per heavy atom. The summed E-state index contributed by atoms with van der Waals surface area (Å²) < 4.78 is 1.74. The Morgan fingerprint density at radius 1 is 1.00 bits per heavy atom. The highest BCUT2D eigenvalue weighted by atomic mass is 35.5. The van der Waals surface area contributed by atoms with Gasteiger partial charge in [-0.05, 0) is 29.8 Å². The summed E-state index contributed by atoms with van der Waals surface area (Å²) in [6.45, 7) is 0. The SMILES string of the molecule is Cn1cc(-c2ccc(Cl)cc2)c(-c2ccccc2O)n1. The number of phenolic OH excluding ortho intramolecular Hbond substituents is 1. The molecule has 100 valence electrons. The molecule has 0 spiro atoms. The van der Waals surface area contributed by atoms with Gasteiger partial charge in [-0.15, -0.1) is 0 Å². The first kappa shape index (κ1) is 12.8. The fourth-order valence-electron chi connectivity index (χ4n) is 2.20.